The van der Waals surface area contributed by atoms with Crippen molar-refractivity contribution in [3.05, 3.63) is 34.2 Å². The number of esters is 1. The van der Waals surface area contributed by atoms with Crippen molar-refractivity contribution < 1.29 is 19.0 Å². The number of benzene rings is 1. The second-order valence-electron chi connectivity index (χ2n) is 3.56. The van der Waals surface area contributed by atoms with Gasteiger partial charge in [0, 0.05) is 5.39 Å². The van der Waals surface area contributed by atoms with Crippen LogP contribution in [0.25, 0.3) is 10.9 Å². The topological polar surface area (TPSA) is 62.3 Å². The van der Waals surface area contributed by atoms with Crippen LogP contribution in [0.1, 0.15) is 17.3 Å². The Balaban J connectivity index is 2.78. The molecule has 94 valence electrons. The van der Waals surface area contributed by atoms with Crippen molar-refractivity contribution >= 4 is 29.1 Å². The number of aromatic amines is 1. The highest BCUT2D eigenvalue weighted by Gasteiger charge is 2.19. The van der Waals surface area contributed by atoms with Crippen molar-refractivity contribution in [2.45, 2.75) is 6.92 Å². The first-order valence-corrected chi connectivity index (χ1v) is 5.67. The molecule has 0 saturated carbocycles. The molecule has 1 aromatic carbocycles. The van der Waals surface area contributed by atoms with E-state index < -0.39 is 11.8 Å². The Kier molecular flexibility index (Phi) is 3.29. The molecule has 2 rings (SSSR count). The summed E-state index contributed by atoms with van der Waals surface area (Å²) in [6.45, 7) is 1.80. The van der Waals surface area contributed by atoms with Crippen LogP contribution in [0.15, 0.2) is 18.2 Å². The van der Waals surface area contributed by atoms with Crippen molar-refractivity contribution in [2.75, 3.05) is 6.61 Å². The second kappa shape index (κ2) is 4.73. The van der Waals surface area contributed by atoms with Crippen LogP contribution in [0.2, 0.25) is 0 Å². The zero-order valence-electron chi connectivity index (χ0n) is 9.49. The summed E-state index contributed by atoms with van der Waals surface area (Å²) in [5.74, 6) is -1.65. The zero-order valence-corrected chi connectivity index (χ0v) is 10.3. The van der Waals surface area contributed by atoms with E-state index in [1.54, 1.807) is 6.92 Å². The van der Waals surface area contributed by atoms with Gasteiger partial charge in [-0.25, -0.2) is 9.18 Å². The third-order valence-electron chi connectivity index (χ3n) is 2.45. The summed E-state index contributed by atoms with van der Waals surface area (Å²) < 4.78 is 18.3. The summed E-state index contributed by atoms with van der Waals surface area (Å²) in [7, 11) is 0. The van der Waals surface area contributed by atoms with Gasteiger partial charge < -0.3 is 14.8 Å². The molecule has 0 amide bonds. The van der Waals surface area contributed by atoms with Gasteiger partial charge in [-0.2, -0.15) is 0 Å². The van der Waals surface area contributed by atoms with Crippen LogP contribution in [0.4, 0.5) is 4.39 Å². The molecule has 0 fully saturated rings. The lowest BCUT2D eigenvalue weighted by atomic mass is 10.1. The Hall–Kier alpha value is -1.95. The molecule has 0 aliphatic heterocycles. The molecule has 18 heavy (non-hydrogen) atoms. The number of nitrogens with one attached hydrogen (secondary N) is 1. The first-order valence-electron chi connectivity index (χ1n) is 5.26. The van der Waals surface area contributed by atoms with Gasteiger partial charge in [0.15, 0.2) is 0 Å². The number of carbonyl (C=O) groups is 1. The molecule has 0 unspecified atom stereocenters. The SMILES string of the molecule is CCOC(=O)c1c(O)c2cccc(F)c2[nH]c1=S. The number of aromatic nitrogens is 1. The van der Waals surface area contributed by atoms with Gasteiger partial charge >= 0.3 is 5.97 Å². The number of hydrogen-bond acceptors (Lipinski definition) is 4. The lowest BCUT2D eigenvalue weighted by Crippen LogP contribution is -2.07. The van der Waals surface area contributed by atoms with Crippen LogP contribution in [-0.4, -0.2) is 22.7 Å². The molecule has 0 atom stereocenters. The maximum atomic E-state index is 13.5. The van der Waals surface area contributed by atoms with Crippen molar-refractivity contribution in [2.24, 2.45) is 0 Å². The minimum atomic E-state index is -0.734. The minimum absolute atomic E-state index is 0.0523. The highest BCUT2D eigenvalue weighted by Crippen LogP contribution is 2.29. The zero-order chi connectivity index (χ0) is 13.3. The molecular formula is C12H10FNO3S. The van der Waals surface area contributed by atoms with Crippen molar-refractivity contribution in [1.29, 1.82) is 0 Å². The molecule has 0 aliphatic rings. The molecule has 0 spiro atoms. The first-order chi connectivity index (χ1) is 8.56. The second-order valence-corrected chi connectivity index (χ2v) is 3.97. The Morgan fingerprint density at radius 1 is 1.56 bits per heavy atom. The number of hydrogen-bond donors (Lipinski definition) is 2. The fourth-order valence-corrected chi connectivity index (χ4v) is 1.94. The number of ether oxygens (including phenoxy) is 1. The highest BCUT2D eigenvalue weighted by atomic mass is 32.1. The third kappa shape index (κ3) is 1.95. The fraction of sp³-hybridized carbons (Fsp3) is 0.167. The summed E-state index contributed by atoms with van der Waals surface area (Å²) in [5.41, 5.74) is -0.0852. The van der Waals surface area contributed by atoms with Gasteiger partial charge in [-0.3, -0.25) is 0 Å². The van der Waals surface area contributed by atoms with E-state index >= 15 is 0 Å². The molecule has 6 heteroatoms. The van der Waals surface area contributed by atoms with Gasteiger partial charge in [0.2, 0.25) is 0 Å². The van der Waals surface area contributed by atoms with Crippen molar-refractivity contribution in [1.82, 2.24) is 4.98 Å². The van der Waals surface area contributed by atoms with Crippen LogP contribution < -0.4 is 0 Å². The standard InChI is InChI=1S/C12H10FNO3S/c1-2-17-12(16)8-10(15)6-4-3-5-7(13)9(6)14-11(8)18/h3-5H,2H2,1H3,(H2,14,15,18). The predicted molar refractivity (Wildman–Crippen MR) is 66.7 cm³/mol. The van der Waals surface area contributed by atoms with Gasteiger partial charge in [-0.05, 0) is 19.1 Å². The molecular weight excluding hydrogens is 257 g/mol. The summed E-state index contributed by atoms with van der Waals surface area (Å²) in [6.07, 6.45) is 0. The molecule has 1 aromatic heterocycles. The Bertz CT molecular complexity index is 681. The normalized spacial score (nSPS) is 10.6. The Morgan fingerprint density at radius 3 is 2.94 bits per heavy atom. The smallest absolute Gasteiger partial charge is 0.344 e. The average Bonchev–Trinajstić information content (AvgIpc) is 2.31. The summed E-state index contributed by atoms with van der Waals surface area (Å²) in [5, 5.41) is 10.2. The molecule has 2 aromatic rings. The van der Waals surface area contributed by atoms with E-state index in [2.05, 4.69) is 4.98 Å². The third-order valence-corrected chi connectivity index (χ3v) is 2.76. The maximum absolute atomic E-state index is 13.5. The number of pyridine rings is 1. The van der Waals surface area contributed by atoms with Crippen molar-refractivity contribution in [3.63, 3.8) is 0 Å². The van der Waals surface area contributed by atoms with Crippen molar-refractivity contribution in [3.8, 4) is 5.75 Å². The molecule has 0 saturated heterocycles. The lowest BCUT2D eigenvalue weighted by Gasteiger charge is -2.08. The lowest BCUT2D eigenvalue weighted by molar-refractivity contribution is 0.0522. The molecule has 4 nitrogen and oxygen atoms in total. The minimum Gasteiger partial charge on any atom is -0.506 e. The van der Waals surface area contributed by atoms with Gasteiger partial charge in [-0.1, -0.05) is 18.3 Å². The van der Waals surface area contributed by atoms with Gasteiger partial charge in [0.05, 0.1) is 12.1 Å². The number of halogens is 1. The maximum Gasteiger partial charge on any atom is 0.344 e. The molecule has 2 N–H and O–H groups in total. The Morgan fingerprint density at radius 2 is 2.28 bits per heavy atom. The summed E-state index contributed by atoms with van der Waals surface area (Å²) in [4.78, 5) is 14.2. The molecule has 0 bridgehead atoms. The number of H-pyrrole nitrogens is 1. The number of rotatable bonds is 2. The predicted octanol–water partition coefficient (Wildman–Crippen LogP) is 2.92. The monoisotopic (exact) mass is 267 g/mol. The van der Waals surface area contributed by atoms with E-state index in [-0.39, 0.29) is 33.5 Å². The van der Waals surface area contributed by atoms with Gasteiger partial charge in [-0.15, -0.1) is 0 Å². The summed E-state index contributed by atoms with van der Waals surface area (Å²) in [6, 6.07) is 4.15. The van der Waals surface area contributed by atoms with E-state index in [1.165, 1.54) is 18.2 Å². The van der Waals surface area contributed by atoms with Gasteiger partial charge in [0.25, 0.3) is 0 Å². The molecule has 0 aliphatic carbocycles. The number of carbonyl (C=O) groups excluding carboxylic acids is 1. The van der Waals surface area contributed by atoms with E-state index in [0.717, 1.165) is 0 Å². The van der Waals surface area contributed by atoms with Crippen LogP contribution in [0.5, 0.6) is 5.75 Å². The van der Waals surface area contributed by atoms with Crippen LogP contribution in [0.3, 0.4) is 0 Å². The number of aromatic hydroxyl groups is 1. The quantitative estimate of drug-likeness (QED) is 0.648. The van der Waals surface area contributed by atoms with E-state index in [4.69, 9.17) is 17.0 Å². The number of para-hydroxylation sites is 1. The first kappa shape index (κ1) is 12.5. The summed E-state index contributed by atoms with van der Waals surface area (Å²) >= 11 is 4.93. The largest absolute Gasteiger partial charge is 0.506 e. The van der Waals surface area contributed by atoms with E-state index in [9.17, 15) is 14.3 Å². The van der Waals surface area contributed by atoms with Crippen LogP contribution in [0, 0.1) is 10.5 Å². The van der Waals surface area contributed by atoms with E-state index in [1.807, 2.05) is 0 Å². The molecule has 1 heterocycles. The molecule has 0 radical (unpaired) electrons. The fourth-order valence-electron chi connectivity index (χ4n) is 1.66. The average molecular weight is 267 g/mol. The van der Waals surface area contributed by atoms with Crippen LogP contribution in [-0.2, 0) is 4.74 Å². The number of fused-ring (bicyclic) bond motifs is 1. The van der Waals surface area contributed by atoms with E-state index in [0.29, 0.717) is 0 Å². The highest BCUT2D eigenvalue weighted by molar-refractivity contribution is 7.71. The van der Waals surface area contributed by atoms with Gasteiger partial charge in [0.1, 0.15) is 21.8 Å². The van der Waals surface area contributed by atoms with Crippen LogP contribution >= 0.6 is 12.2 Å². The Labute approximate surface area is 107 Å².